The van der Waals surface area contributed by atoms with E-state index in [1.807, 2.05) is 19.9 Å². The molecule has 2 atom stereocenters. The summed E-state index contributed by atoms with van der Waals surface area (Å²) in [5.74, 6) is 0. The summed E-state index contributed by atoms with van der Waals surface area (Å²) < 4.78 is 12.9. The Hall–Kier alpha value is 0.414. The molecule has 0 N–H and O–H groups in total. The van der Waals surface area contributed by atoms with Gasteiger partial charge in [-0.15, -0.1) is 0 Å². The van der Waals surface area contributed by atoms with Crippen LogP contribution < -0.4 is 0 Å². The van der Waals surface area contributed by atoms with Gasteiger partial charge in [-0.25, -0.2) is 0 Å². The monoisotopic (exact) mass is 396 g/mol. The normalized spacial score (nSPS) is 17.8. The van der Waals surface area contributed by atoms with Crippen LogP contribution in [0.2, 0.25) is 39.3 Å². The standard InChI is InChI=1S/C17H34Cl2O2Si2/c1-10-13(18)16(14(19)11-2)17(21-23(7,8)9)15(12-3)20-22(4,5)6/h10,15,17H,11-12H2,1-9H3/b13-10+,16-14-. The van der Waals surface area contributed by atoms with E-state index in [0.717, 1.165) is 23.4 Å². The van der Waals surface area contributed by atoms with Gasteiger partial charge in [-0.05, 0) is 59.0 Å². The predicted molar refractivity (Wildman–Crippen MR) is 110 cm³/mol. The lowest BCUT2D eigenvalue weighted by Gasteiger charge is -2.37. The first-order valence-corrected chi connectivity index (χ1v) is 16.0. The molecule has 6 heteroatoms. The second-order valence-electron chi connectivity index (χ2n) is 7.64. The first-order chi connectivity index (χ1) is 10.4. The Morgan fingerprint density at radius 2 is 1.43 bits per heavy atom. The zero-order valence-electron chi connectivity index (χ0n) is 16.2. The van der Waals surface area contributed by atoms with Gasteiger partial charge >= 0.3 is 0 Å². The highest BCUT2D eigenvalue weighted by molar-refractivity contribution is 6.70. The molecule has 0 aromatic heterocycles. The topological polar surface area (TPSA) is 18.5 Å². The largest absolute Gasteiger partial charge is 0.412 e. The van der Waals surface area contributed by atoms with E-state index in [2.05, 4.69) is 46.2 Å². The number of rotatable bonds is 9. The maximum absolute atomic E-state index is 6.55. The van der Waals surface area contributed by atoms with Crippen molar-refractivity contribution in [2.24, 2.45) is 0 Å². The first kappa shape index (κ1) is 23.4. The molecule has 0 aromatic rings. The molecule has 0 aromatic carbocycles. The summed E-state index contributed by atoms with van der Waals surface area (Å²) in [4.78, 5) is 0. The average Bonchev–Trinajstić information content (AvgIpc) is 2.41. The van der Waals surface area contributed by atoms with Gasteiger partial charge in [-0.1, -0.05) is 43.1 Å². The Bertz CT molecular complexity index is 435. The highest BCUT2D eigenvalue weighted by atomic mass is 35.5. The average molecular weight is 398 g/mol. The third-order valence-corrected chi connectivity index (χ3v) is 5.99. The van der Waals surface area contributed by atoms with Crippen LogP contribution in [-0.4, -0.2) is 28.8 Å². The Labute approximate surface area is 155 Å². The lowest BCUT2D eigenvalue weighted by atomic mass is 10.0. The molecular formula is C17H34Cl2O2Si2. The summed E-state index contributed by atoms with van der Waals surface area (Å²) in [6, 6.07) is 0. The summed E-state index contributed by atoms with van der Waals surface area (Å²) in [6.07, 6.45) is 3.24. The van der Waals surface area contributed by atoms with E-state index >= 15 is 0 Å². The van der Waals surface area contributed by atoms with E-state index in [4.69, 9.17) is 32.1 Å². The number of hydrogen-bond acceptors (Lipinski definition) is 2. The Morgan fingerprint density at radius 1 is 0.957 bits per heavy atom. The molecular weight excluding hydrogens is 363 g/mol. The van der Waals surface area contributed by atoms with Gasteiger partial charge in [0.05, 0.1) is 12.2 Å². The molecule has 0 aliphatic carbocycles. The van der Waals surface area contributed by atoms with E-state index in [0.29, 0.717) is 5.03 Å². The molecule has 0 amide bonds. The van der Waals surface area contributed by atoms with Gasteiger partial charge in [0.1, 0.15) is 0 Å². The van der Waals surface area contributed by atoms with Gasteiger partial charge in [-0.3, -0.25) is 0 Å². The van der Waals surface area contributed by atoms with Crippen LogP contribution in [0.1, 0.15) is 33.6 Å². The fourth-order valence-corrected chi connectivity index (χ4v) is 4.99. The number of allylic oxidation sites excluding steroid dienone is 2. The van der Waals surface area contributed by atoms with Crippen LogP contribution in [0.15, 0.2) is 21.7 Å². The van der Waals surface area contributed by atoms with Crippen molar-refractivity contribution in [1.29, 1.82) is 0 Å². The molecule has 0 radical (unpaired) electrons. The van der Waals surface area contributed by atoms with Crippen molar-refractivity contribution in [2.45, 2.75) is 85.1 Å². The fourth-order valence-electron chi connectivity index (χ4n) is 2.28. The lowest BCUT2D eigenvalue weighted by molar-refractivity contribution is 0.0648. The summed E-state index contributed by atoms with van der Waals surface area (Å²) in [7, 11) is -3.51. The van der Waals surface area contributed by atoms with E-state index < -0.39 is 16.6 Å². The van der Waals surface area contributed by atoms with Crippen LogP contribution in [0.4, 0.5) is 0 Å². The van der Waals surface area contributed by atoms with E-state index in [9.17, 15) is 0 Å². The molecule has 0 spiro atoms. The summed E-state index contributed by atoms with van der Waals surface area (Å²) >= 11 is 13.1. The van der Waals surface area contributed by atoms with Gasteiger partial charge in [0.15, 0.2) is 16.6 Å². The molecule has 136 valence electrons. The minimum absolute atomic E-state index is 0.0302. The summed E-state index contributed by atoms with van der Waals surface area (Å²) in [6.45, 7) is 19.2. The third-order valence-electron chi connectivity index (χ3n) is 3.12. The molecule has 0 heterocycles. The molecule has 0 aliphatic heterocycles. The van der Waals surface area contributed by atoms with Crippen molar-refractivity contribution in [1.82, 2.24) is 0 Å². The second kappa shape index (κ2) is 9.78. The van der Waals surface area contributed by atoms with Gasteiger partial charge < -0.3 is 8.85 Å². The quantitative estimate of drug-likeness (QED) is 0.312. The fraction of sp³-hybridized carbons (Fsp3) is 0.765. The van der Waals surface area contributed by atoms with Gasteiger partial charge in [-0.2, -0.15) is 0 Å². The van der Waals surface area contributed by atoms with Gasteiger partial charge in [0.2, 0.25) is 0 Å². The second-order valence-corrected chi connectivity index (χ2v) is 17.4. The highest BCUT2D eigenvalue weighted by Crippen LogP contribution is 2.34. The molecule has 0 saturated heterocycles. The molecule has 0 fully saturated rings. The maximum atomic E-state index is 6.55. The van der Waals surface area contributed by atoms with Crippen LogP contribution in [0, 0.1) is 0 Å². The molecule has 0 rings (SSSR count). The van der Waals surface area contributed by atoms with Crippen LogP contribution in [0.5, 0.6) is 0 Å². The molecule has 0 saturated carbocycles. The first-order valence-electron chi connectivity index (χ1n) is 8.42. The maximum Gasteiger partial charge on any atom is 0.184 e. The molecule has 2 nitrogen and oxygen atoms in total. The molecule has 0 aliphatic rings. The lowest BCUT2D eigenvalue weighted by Crippen LogP contribution is -2.45. The third kappa shape index (κ3) is 8.89. The van der Waals surface area contributed by atoms with Crippen molar-refractivity contribution >= 4 is 39.8 Å². The Kier molecular flexibility index (Phi) is 9.96. The Balaban J connectivity index is 6.01. The van der Waals surface area contributed by atoms with Crippen molar-refractivity contribution in [3.8, 4) is 0 Å². The minimum atomic E-state index is -1.80. The van der Waals surface area contributed by atoms with Gasteiger partial charge in [0.25, 0.3) is 0 Å². The van der Waals surface area contributed by atoms with Gasteiger partial charge in [0, 0.05) is 15.6 Å². The molecule has 0 bridgehead atoms. The van der Waals surface area contributed by atoms with Crippen LogP contribution >= 0.6 is 23.2 Å². The van der Waals surface area contributed by atoms with Crippen molar-refractivity contribution in [3.05, 3.63) is 21.7 Å². The van der Waals surface area contributed by atoms with E-state index in [-0.39, 0.29) is 12.2 Å². The molecule has 2 unspecified atom stereocenters. The smallest absolute Gasteiger partial charge is 0.184 e. The zero-order valence-corrected chi connectivity index (χ0v) is 19.7. The SMILES string of the molecule is C/C=C(Cl)\C(=C(\Cl)CC)C(O[Si](C)(C)C)C(CC)O[Si](C)(C)C. The number of hydrogen-bond donors (Lipinski definition) is 0. The van der Waals surface area contributed by atoms with Crippen molar-refractivity contribution in [3.63, 3.8) is 0 Å². The van der Waals surface area contributed by atoms with Crippen LogP contribution in [0.25, 0.3) is 0 Å². The van der Waals surface area contributed by atoms with E-state index in [1.54, 1.807) is 0 Å². The summed E-state index contributed by atoms with van der Waals surface area (Å²) in [5.41, 5.74) is 0.894. The van der Waals surface area contributed by atoms with Crippen molar-refractivity contribution in [2.75, 3.05) is 0 Å². The van der Waals surface area contributed by atoms with Crippen LogP contribution in [-0.2, 0) is 8.85 Å². The van der Waals surface area contributed by atoms with E-state index in [1.165, 1.54) is 0 Å². The number of halogens is 2. The highest BCUT2D eigenvalue weighted by Gasteiger charge is 2.35. The predicted octanol–water partition coefficient (Wildman–Crippen LogP) is 6.88. The summed E-state index contributed by atoms with van der Waals surface area (Å²) in [5, 5.41) is 1.42. The van der Waals surface area contributed by atoms with Crippen molar-refractivity contribution < 1.29 is 8.85 Å². The zero-order chi connectivity index (χ0) is 18.4. The molecule has 23 heavy (non-hydrogen) atoms. The Morgan fingerprint density at radius 3 is 1.74 bits per heavy atom. The minimum Gasteiger partial charge on any atom is -0.412 e. The van der Waals surface area contributed by atoms with Crippen LogP contribution in [0.3, 0.4) is 0 Å².